The average molecular weight is 171 g/mol. The molecule has 2 atom stereocenters. The first-order valence-electron chi connectivity index (χ1n) is 4.61. The van der Waals surface area contributed by atoms with Gasteiger partial charge in [-0.15, -0.1) is 0 Å². The van der Waals surface area contributed by atoms with Crippen molar-refractivity contribution in [2.75, 3.05) is 27.3 Å². The zero-order valence-corrected chi connectivity index (χ0v) is 7.80. The Morgan fingerprint density at radius 3 is 2.00 bits per heavy atom. The van der Waals surface area contributed by atoms with Crippen molar-refractivity contribution in [2.45, 2.75) is 18.6 Å². The average Bonchev–Trinajstić information content (AvgIpc) is 2.61. The van der Waals surface area contributed by atoms with Gasteiger partial charge in [-0.1, -0.05) is 0 Å². The van der Waals surface area contributed by atoms with Gasteiger partial charge in [0.05, 0.1) is 0 Å². The van der Waals surface area contributed by atoms with E-state index in [9.17, 15) is 0 Å². The van der Waals surface area contributed by atoms with Gasteiger partial charge in [0, 0.05) is 27.1 Å². The smallest absolute Gasteiger partial charge is 0.168 e. The third-order valence-corrected chi connectivity index (χ3v) is 3.37. The number of hydrogen-bond donors (Lipinski definition) is 1. The monoisotopic (exact) mass is 171 g/mol. The summed E-state index contributed by atoms with van der Waals surface area (Å²) < 4.78 is 10.9. The van der Waals surface area contributed by atoms with Gasteiger partial charge in [-0.25, -0.2) is 0 Å². The summed E-state index contributed by atoms with van der Waals surface area (Å²) in [6, 6.07) is 0. The van der Waals surface area contributed by atoms with Crippen molar-refractivity contribution >= 4 is 0 Å². The maximum atomic E-state index is 5.43. The van der Waals surface area contributed by atoms with Crippen LogP contribution in [0.4, 0.5) is 0 Å². The fraction of sp³-hybridized carbons (Fsp3) is 1.00. The Kier molecular flexibility index (Phi) is 2.10. The molecule has 0 amide bonds. The molecule has 0 aromatic heterocycles. The summed E-state index contributed by atoms with van der Waals surface area (Å²) in [5.74, 6) is 1.27. The summed E-state index contributed by atoms with van der Waals surface area (Å²) >= 11 is 0. The van der Waals surface area contributed by atoms with E-state index in [0.29, 0.717) is 0 Å². The molecule has 0 aromatic carbocycles. The van der Waals surface area contributed by atoms with E-state index in [-0.39, 0.29) is 5.79 Å². The SMILES string of the molecule is COC1(OC)CC2CNCC2C1. The third-order valence-electron chi connectivity index (χ3n) is 3.37. The second-order valence-electron chi connectivity index (χ2n) is 3.91. The fourth-order valence-corrected chi connectivity index (χ4v) is 2.56. The second-order valence-corrected chi connectivity index (χ2v) is 3.91. The first-order chi connectivity index (χ1) is 5.79. The van der Waals surface area contributed by atoms with Crippen LogP contribution < -0.4 is 5.32 Å². The fourth-order valence-electron chi connectivity index (χ4n) is 2.56. The Morgan fingerprint density at radius 1 is 1.08 bits per heavy atom. The highest BCUT2D eigenvalue weighted by Crippen LogP contribution is 2.43. The first kappa shape index (κ1) is 8.48. The van der Waals surface area contributed by atoms with E-state index in [4.69, 9.17) is 9.47 Å². The van der Waals surface area contributed by atoms with Crippen LogP contribution in [0.2, 0.25) is 0 Å². The third kappa shape index (κ3) is 1.16. The van der Waals surface area contributed by atoms with E-state index in [1.165, 1.54) is 0 Å². The summed E-state index contributed by atoms with van der Waals surface area (Å²) in [6.45, 7) is 2.28. The lowest BCUT2D eigenvalue weighted by molar-refractivity contribution is -0.204. The molecule has 1 saturated carbocycles. The van der Waals surface area contributed by atoms with Crippen molar-refractivity contribution < 1.29 is 9.47 Å². The van der Waals surface area contributed by atoms with Crippen LogP contribution in [-0.2, 0) is 9.47 Å². The molecule has 0 spiro atoms. The van der Waals surface area contributed by atoms with Crippen LogP contribution in [0.15, 0.2) is 0 Å². The molecule has 70 valence electrons. The van der Waals surface area contributed by atoms with Gasteiger partial charge >= 0.3 is 0 Å². The Hall–Kier alpha value is -0.120. The van der Waals surface area contributed by atoms with Crippen LogP contribution in [0.3, 0.4) is 0 Å². The second kappa shape index (κ2) is 2.98. The maximum Gasteiger partial charge on any atom is 0.168 e. The number of fused-ring (bicyclic) bond motifs is 1. The maximum absolute atomic E-state index is 5.43. The zero-order chi connectivity index (χ0) is 8.60. The quantitative estimate of drug-likeness (QED) is 0.617. The van der Waals surface area contributed by atoms with E-state index in [1.54, 1.807) is 14.2 Å². The molecule has 0 bridgehead atoms. The molecule has 1 saturated heterocycles. The van der Waals surface area contributed by atoms with Crippen molar-refractivity contribution in [1.82, 2.24) is 5.32 Å². The molecule has 1 N–H and O–H groups in total. The van der Waals surface area contributed by atoms with Gasteiger partial charge in [0.1, 0.15) is 0 Å². The van der Waals surface area contributed by atoms with E-state index in [0.717, 1.165) is 37.8 Å². The topological polar surface area (TPSA) is 30.5 Å². The Morgan fingerprint density at radius 2 is 1.58 bits per heavy atom. The number of ether oxygens (including phenoxy) is 2. The lowest BCUT2D eigenvalue weighted by Crippen LogP contribution is -2.32. The molecule has 3 nitrogen and oxygen atoms in total. The molecule has 2 fully saturated rings. The van der Waals surface area contributed by atoms with Crippen molar-refractivity contribution in [1.29, 1.82) is 0 Å². The van der Waals surface area contributed by atoms with Crippen molar-refractivity contribution in [3.05, 3.63) is 0 Å². The Balaban J connectivity index is 2.05. The van der Waals surface area contributed by atoms with Crippen molar-refractivity contribution in [2.24, 2.45) is 11.8 Å². The predicted molar refractivity (Wildman–Crippen MR) is 45.8 cm³/mol. The summed E-state index contributed by atoms with van der Waals surface area (Å²) in [6.07, 6.45) is 2.11. The van der Waals surface area contributed by atoms with Crippen LogP contribution in [0.5, 0.6) is 0 Å². The van der Waals surface area contributed by atoms with Crippen molar-refractivity contribution in [3.8, 4) is 0 Å². The summed E-state index contributed by atoms with van der Waals surface area (Å²) in [5, 5.41) is 3.40. The molecule has 1 aliphatic heterocycles. The number of methoxy groups -OCH3 is 2. The van der Waals surface area contributed by atoms with Gasteiger partial charge < -0.3 is 14.8 Å². The molecule has 2 aliphatic rings. The van der Waals surface area contributed by atoms with E-state index in [1.807, 2.05) is 0 Å². The van der Waals surface area contributed by atoms with Crippen LogP contribution in [0.1, 0.15) is 12.8 Å². The van der Waals surface area contributed by atoms with Crippen LogP contribution in [0.25, 0.3) is 0 Å². The summed E-state index contributed by atoms with van der Waals surface area (Å²) in [4.78, 5) is 0. The lowest BCUT2D eigenvalue weighted by Gasteiger charge is -2.26. The molecule has 0 aromatic rings. The van der Waals surface area contributed by atoms with E-state index < -0.39 is 0 Å². The minimum Gasteiger partial charge on any atom is -0.353 e. The highest BCUT2D eigenvalue weighted by Gasteiger charge is 2.47. The Bertz CT molecular complexity index is 154. The molecular weight excluding hydrogens is 154 g/mol. The highest BCUT2D eigenvalue weighted by molar-refractivity contribution is 4.95. The number of nitrogens with one attached hydrogen (secondary N) is 1. The van der Waals surface area contributed by atoms with Gasteiger partial charge in [-0.3, -0.25) is 0 Å². The Labute approximate surface area is 73.4 Å². The number of rotatable bonds is 2. The first-order valence-corrected chi connectivity index (χ1v) is 4.61. The molecule has 0 radical (unpaired) electrons. The van der Waals surface area contributed by atoms with Gasteiger partial charge in [-0.2, -0.15) is 0 Å². The molecular formula is C9H17NO2. The largest absolute Gasteiger partial charge is 0.353 e. The molecule has 3 heteroatoms. The molecule has 1 heterocycles. The van der Waals surface area contributed by atoms with Crippen LogP contribution in [-0.4, -0.2) is 33.1 Å². The minimum atomic E-state index is -0.266. The highest BCUT2D eigenvalue weighted by atomic mass is 16.7. The molecule has 2 rings (SSSR count). The normalized spacial score (nSPS) is 38.5. The van der Waals surface area contributed by atoms with Gasteiger partial charge in [0.25, 0.3) is 0 Å². The summed E-state index contributed by atoms with van der Waals surface area (Å²) in [5.41, 5.74) is 0. The van der Waals surface area contributed by atoms with Crippen molar-refractivity contribution in [3.63, 3.8) is 0 Å². The predicted octanol–water partition coefficient (Wildman–Crippen LogP) is 0.605. The summed E-state index contributed by atoms with van der Waals surface area (Å²) in [7, 11) is 3.50. The van der Waals surface area contributed by atoms with Crippen LogP contribution >= 0.6 is 0 Å². The van der Waals surface area contributed by atoms with E-state index >= 15 is 0 Å². The molecule has 2 unspecified atom stereocenters. The van der Waals surface area contributed by atoms with Crippen LogP contribution in [0, 0.1) is 11.8 Å². The number of hydrogen-bond acceptors (Lipinski definition) is 3. The zero-order valence-electron chi connectivity index (χ0n) is 7.80. The molecule has 12 heavy (non-hydrogen) atoms. The van der Waals surface area contributed by atoms with Gasteiger partial charge in [-0.05, 0) is 24.9 Å². The lowest BCUT2D eigenvalue weighted by atomic mass is 10.0. The van der Waals surface area contributed by atoms with Gasteiger partial charge in [0.2, 0.25) is 0 Å². The molecule has 1 aliphatic carbocycles. The van der Waals surface area contributed by atoms with E-state index in [2.05, 4.69) is 5.32 Å². The standard InChI is InChI=1S/C9H17NO2/c1-11-9(12-2)3-7-5-10-6-8(7)4-9/h7-8,10H,3-6H2,1-2H3. The minimum absolute atomic E-state index is 0.266. The van der Waals surface area contributed by atoms with Gasteiger partial charge in [0.15, 0.2) is 5.79 Å².